The van der Waals surface area contributed by atoms with Crippen LogP contribution in [0.25, 0.3) is 195 Å². The molecule has 0 saturated heterocycles. The van der Waals surface area contributed by atoms with E-state index in [0.717, 1.165) is 33.8 Å². The monoisotopic (exact) mass is 1020 g/mol. The Hall–Kier alpha value is -10.4. The first-order valence-electron chi connectivity index (χ1n) is 27.7. The number of hydrogen-bond donors (Lipinski definition) is 0. The SMILES string of the molecule is CC(Cn1cc(-c2cc3ccc4ccc5ccc6ccc2c2c6c5c4c32)nn1)(Cn1cc(-c2cc3ccc4ccc5ccc6ccc2c2c6c5c4c32)nn1)Cn1cc(-c2cc3ccc4ccc5ccc6ccc2c2c6c5c4c32)nn1. The van der Waals surface area contributed by atoms with Gasteiger partial charge in [0.2, 0.25) is 0 Å². The molecule has 0 radical (unpaired) electrons. The molecule has 3 aromatic heterocycles. The highest BCUT2D eigenvalue weighted by molar-refractivity contribution is 6.48. The maximum Gasteiger partial charge on any atom is 0.113 e. The molecule has 0 aliphatic rings. The molecule has 21 aromatic rings. The van der Waals surface area contributed by atoms with Crippen LogP contribution in [0, 0.1) is 5.41 Å². The lowest BCUT2D eigenvalue weighted by Gasteiger charge is -2.28. The molecule has 0 fully saturated rings. The molecule has 0 N–H and O–H groups in total. The van der Waals surface area contributed by atoms with E-state index in [9.17, 15) is 0 Å². The summed E-state index contributed by atoms with van der Waals surface area (Å²) in [6.45, 7) is 3.87. The predicted octanol–water partition coefficient (Wildman–Crippen LogP) is 17.1. The summed E-state index contributed by atoms with van der Waals surface area (Å²) in [5.74, 6) is 0. The average Bonchev–Trinajstić information content (AvgIpc) is 3.25. The molecule has 0 atom stereocenters. The smallest absolute Gasteiger partial charge is 0.113 e. The number of benzene rings is 15. The molecule has 21 rings (SSSR count). The molecule has 0 bridgehead atoms. The van der Waals surface area contributed by atoms with Crippen LogP contribution in [0.15, 0.2) is 182 Å². The van der Waals surface area contributed by atoms with Crippen LogP contribution in [0.4, 0.5) is 0 Å². The number of rotatable bonds is 9. The summed E-state index contributed by atoms with van der Waals surface area (Å²) >= 11 is 0. The summed E-state index contributed by atoms with van der Waals surface area (Å²) in [6.07, 6.45) is 6.39. The zero-order chi connectivity index (χ0) is 51.6. The third-order valence-electron chi connectivity index (χ3n) is 19.1. The summed E-state index contributed by atoms with van der Waals surface area (Å²) in [5.41, 5.74) is 5.27. The van der Waals surface area contributed by atoms with Gasteiger partial charge in [0.1, 0.15) is 17.1 Å². The third kappa shape index (κ3) is 4.89. The van der Waals surface area contributed by atoms with Crippen LogP contribution in [0.3, 0.4) is 0 Å². The normalized spacial score (nSPS) is 13.5. The molecule has 0 unspecified atom stereocenters. The van der Waals surface area contributed by atoms with Crippen molar-refractivity contribution >= 4 is 162 Å². The average molecular weight is 1020 g/mol. The van der Waals surface area contributed by atoms with Crippen molar-refractivity contribution in [1.82, 2.24) is 45.0 Å². The van der Waals surface area contributed by atoms with Crippen LogP contribution < -0.4 is 0 Å². The molecule has 0 aliphatic heterocycles. The highest BCUT2D eigenvalue weighted by Crippen LogP contribution is 2.54. The van der Waals surface area contributed by atoms with Gasteiger partial charge in [-0.25, -0.2) is 0 Å². The van der Waals surface area contributed by atoms with E-state index in [1.54, 1.807) is 0 Å². The first-order valence-corrected chi connectivity index (χ1v) is 27.7. The predicted molar refractivity (Wildman–Crippen MR) is 328 cm³/mol. The number of aromatic nitrogens is 9. The lowest BCUT2D eigenvalue weighted by Crippen LogP contribution is -2.34. The maximum absolute atomic E-state index is 4.98. The minimum Gasteiger partial charge on any atom is -0.251 e. The highest BCUT2D eigenvalue weighted by Gasteiger charge is 2.32. The summed E-state index contributed by atoms with van der Waals surface area (Å²) < 4.78 is 6.06. The Labute approximate surface area is 452 Å². The molecule has 0 saturated carbocycles. The zero-order valence-electron chi connectivity index (χ0n) is 43.0. The van der Waals surface area contributed by atoms with Gasteiger partial charge in [-0.05, 0) is 180 Å². The van der Waals surface area contributed by atoms with Crippen LogP contribution in [0.1, 0.15) is 6.92 Å². The van der Waals surface area contributed by atoms with Crippen molar-refractivity contribution in [2.75, 3.05) is 0 Å². The van der Waals surface area contributed by atoms with E-state index in [0.29, 0.717) is 19.6 Å². The summed E-state index contributed by atoms with van der Waals surface area (Å²) in [6, 6.07) is 61.5. The first-order chi connectivity index (χ1) is 39.4. The van der Waals surface area contributed by atoms with Gasteiger partial charge >= 0.3 is 0 Å². The van der Waals surface area contributed by atoms with Crippen molar-refractivity contribution in [2.45, 2.75) is 26.6 Å². The molecule has 9 nitrogen and oxygen atoms in total. The van der Waals surface area contributed by atoms with Gasteiger partial charge in [0.05, 0.1) is 38.2 Å². The van der Waals surface area contributed by atoms with Gasteiger partial charge in [-0.2, -0.15) is 0 Å². The van der Waals surface area contributed by atoms with Crippen molar-refractivity contribution in [3.8, 4) is 33.8 Å². The van der Waals surface area contributed by atoms with E-state index >= 15 is 0 Å². The Morgan fingerprint density at radius 3 is 0.713 bits per heavy atom. The summed E-state index contributed by atoms with van der Waals surface area (Å²) in [5, 5.41) is 68.7. The van der Waals surface area contributed by atoms with Gasteiger partial charge in [-0.3, -0.25) is 14.0 Å². The van der Waals surface area contributed by atoms with Crippen molar-refractivity contribution in [2.24, 2.45) is 5.41 Å². The van der Waals surface area contributed by atoms with Gasteiger partial charge in [-0.15, -0.1) is 15.3 Å². The number of nitrogens with zero attached hydrogens (tertiary/aromatic N) is 9. The maximum atomic E-state index is 4.98. The Balaban J connectivity index is 0.697. The fourth-order valence-corrected chi connectivity index (χ4v) is 16.0. The summed E-state index contributed by atoms with van der Waals surface area (Å²) in [7, 11) is 0. The molecule has 80 heavy (non-hydrogen) atoms. The molecule has 0 aliphatic carbocycles. The first kappa shape index (κ1) is 40.8. The van der Waals surface area contributed by atoms with Crippen LogP contribution in [-0.2, 0) is 19.6 Å². The number of hydrogen-bond acceptors (Lipinski definition) is 6. The molecule has 0 amide bonds. The van der Waals surface area contributed by atoms with Crippen LogP contribution in [0.5, 0.6) is 0 Å². The lowest BCUT2D eigenvalue weighted by atomic mass is 9.90. The fraction of sp³-hybridized carbons (Fsp3) is 0.0704. The molecule has 18 aromatic carbocycles. The minimum absolute atomic E-state index is 0.517. The zero-order valence-corrected chi connectivity index (χ0v) is 43.0. The molecule has 368 valence electrons. The van der Waals surface area contributed by atoms with Crippen molar-refractivity contribution < 1.29 is 0 Å². The van der Waals surface area contributed by atoms with E-state index in [1.165, 1.54) is 162 Å². The van der Waals surface area contributed by atoms with Crippen LogP contribution >= 0.6 is 0 Å². The van der Waals surface area contributed by atoms with Crippen LogP contribution in [0.2, 0.25) is 0 Å². The molecular weight excluding hydrogens is 979 g/mol. The Morgan fingerprint density at radius 1 is 0.263 bits per heavy atom. The van der Waals surface area contributed by atoms with Crippen molar-refractivity contribution in [1.29, 1.82) is 0 Å². The lowest BCUT2D eigenvalue weighted by molar-refractivity contribution is 0.165. The quantitative estimate of drug-likeness (QED) is 0.134. The van der Waals surface area contributed by atoms with E-state index in [2.05, 4.69) is 189 Å². The van der Waals surface area contributed by atoms with E-state index in [1.807, 2.05) is 14.0 Å². The fourth-order valence-electron chi connectivity index (χ4n) is 16.0. The molecular formula is C71H39N9. The van der Waals surface area contributed by atoms with Gasteiger partial charge < -0.3 is 0 Å². The molecule has 3 heterocycles. The van der Waals surface area contributed by atoms with Crippen molar-refractivity contribution in [3.63, 3.8) is 0 Å². The largest absolute Gasteiger partial charge is 0.251 e. The van der Waals surface area contributed by atoms with Gasteiger partial charge in [0, 0.05) is 22.1 Å². The van der Waals surface area contributed by atoms with E-state index < -0.39 is 5.41 Å². The van der Waals surface area contributed by atoms with E-state index in [-0.39, 0.29) is 0 Å². The second-order valence-electron chi connectivity index (χ2n) is 23.7. The Bertz CT molecular complexity index is 5380. The second kappa shape index (κ2) is 13.6. The third-order valence-corrected chi connectivity index (χ3v) is 19.1. The Kier molecular flexibility index (Phi) is 6.96. The van der Waals surface area contributed by atoms with E-state index in [4.69, 9.17) is 30.9 Å². The standard InChI is InChI=1S/C71H39N9/c1-71(32-78-29-53(72-75-78)50-26-44-17-14-38-5-2-35-8-11-41-20-23-47(50)68-62(41)56(35)59(38)65(44)68,33-79-30-54(73-76-79)51-27-45-18-15-39-6-3-36-9-12-42-21-24-48(51)69-63(42)57(36)60(39)66(45)69)34-80-31-55(74-77-80)52-28-46-19-16-40-7-4-37-10-13-43-22-25-49(52)70-64(43)58(37)61(40)67(46)70/h2-31H,32-34H2,1H3. The minimum atomic E-state index is -0.517. The van der Waals surface area contributed by atoms with Gasteiger partial charge in [0.15, 0.2) is 0 Å². The van der Waals surface area contributed by atoms with Gasteiger partial charge in [-0.1, -0.05) is 168 Å². The molecule has 0 spiro atoms. The topological polar surface area (TPSA) is 92.1 Å². The highest BCUT2D eigenvalue weighted by atomic mass is 15.5. The van der Waals surface area contributed by atoms with Crippen molar-refractivity contribution in [3.05, 3.63) is 182 Å². The summed E-state index contributed by atoms with van der Waals surface area (Å²) in [4.78, 5) is 0. The second-order valence-corrected chi connectivity index (χ2v) is 23.7. The van der Waals surface area contributed by atoms with Gasteiger partial charge in [0.25, 0.3) is 0 Å². The van der Waals surface area contributed by atoms with Crippen LogP contribution in [-0.4, -0.2) is 45.0 Å². The molecule has 9 heteroatoms. The Morgan fingerprint density at radius 2 is 0.463 bits per heavy atom.